The van der Waals surface area contributed by atoms with Gasteiger partial charge < -0.3 is 10.6 Å². The predicted molar refractivity (Wildman–Crippen MR) is 131 cm³/mol. The largest absolute Gasteiger partial charge is 0.383 e. The Hall–Kier alpha value is -3.30. The van der Waals surface area contributed by atoms with Crippen LogP contribution in [0.3, 0.4) is 0 Å². The summed E-state index contributed by atoms with van der Waals surface area (Å²) in [7, 11) is 0. The fraction of sp³-hybridized carbons (Fsp3) is 0.250. The van der Waals surface area contributed by atoms with Gasteiger partial charge in [0.05, 0.1) is 22.1 Å². The second-order valence-electron chi connectivity index (χ2n) is 8.13. The molecule has 0 bridgehead atoms. The van der Waals surface area contributed by atoms with Crippen molar-refractivity contribution in [2.75, 3.05) is 31.9 Å². The molecule has 9 heteroatoms. The molecule has 0 unspecified atom stereocenters. The highest BCUT2D eigenvalue weighted by Gasteiger charge is 2.22. The Labute approximate surface area is 200 Å². The lowest BCUT2D eigenvalue weighted by atomic mass is 10.1. The maximum Gasteiger partial charge on any atom is 0.219 e. The summed E-state index contributed by atoms with van der Waals surface area (Å²) < 4.78 is 2.40. The molecular formula is C24H24BrN7O. The molecule has 1 aliphatic heterocycles. The van der Waals surface area contributed by atoms with Gasteiger partial charge in [-0.2, -0.15) is 9.61 Å². The zero-order valence-corrected chi connectivity index (χ0v) is 19.9. The number of fused-ring (bicyclic) bond motifs is 1. The quantitative estimate of drug-likeness (QED) is 0.456. The summed E-state index contributed by atoms with van der Waals surface area (Å²) in [6.45, 7) is 5.31. The minimum atomic E-state index is 0.121. The number of halogens is 1. The summed E-state index contributed by atoms with van der Waals surface area (Å²) in [5, 5.41) is 4.47. The minimum absolute atomic E-state index is 0.121. The highest BCUT2D eigenvalue weighted by Crippen LogP contribution is 2.31. The van der Waals surface area contributed by atoms with Gasteiger partial charge in [0.15, 0.2) is 5.65 Å². The molecule has 4 aromatic rings. The zero-order chi connectivity index (χ0) is 22.9. The van der Waals surface area contributed by atoms with E-state index in [0.29, 0.717) is 18.0 Å². The molecule has 2 N–H and O–H groups in total. The lowest BCUT2D eigenvalue weighted by molar-refractivity contribution is -0.130. The second kappa shape index (κ2) is 8.92. The van der Waals surface area contributed by atoms with Crippen LogP contribution < -0.4 is 5.73 Å². The van der Waals surface area contributed by atoms with Crippen LogP contribution in [0.2, 0.25) is 0 Å². The Morgan fingerprint density at radius 2 is 1.79 bits per heavy atom. The first-order valence-electron chi connectivity index (χ1n) is 10.8. The van der Waals surface area contributed by atoms with Crippen LogP contribution in [0.5, 0.6) is 0 Å². The third kappa shape index (κ3) is 4.21. The second-order valence-corrected chi connectivity index (χ2v) is 8.92. The standard InChI is InChI=1S/C24H24BrN7O/c1-16(33)31-11-9-30(10-12-31)15-21-22(25)23(26)32-24(29-21)19(14-28-32)18-7-8-20(27-13-18)17-5-3-2-4-6-17/h2-8,13-14H,9-12,15,26H2,1H3. The first-order valence-corrected chi connectivity index (χ1v) is 11.6. The van der Waals surface area contributed by atoms with Crippen molar-refractivity contribution in [1.82, 2.24) is 29.4 Å². The van der Waals surface area contributed by atoms with Crippen LogP contribution in [0.25, 0.3) is 28.0 Å². The van der Waals surface area contributed by atoms with E-state index in [1.807, 2.05) is 53.6 Å². The average molecular weight is 506 g/mol. The van der Waals surface area contributed by atoms with Gasteiger partial charge in [-0.1, -0.05) is 36.4 Å². The number of hydrogen-bond acceptors (Lipinski definition) is 6. The van der Waals surface area contributed by atoms with Crippen LogP contribution in [-0.2, 0) is 11.3 Å². The Bertz CT molecular complexity index is 1300. The predicted octanol–water partition coefficient (Wildman–Crippen LogP) is 3.47. The average Bonchev–Trinajstić information content (AvgIpc) is 3.27. The van der Waals surface area contributed by atoms with Crippen molar-refractivity contribution in [1.29, 1.82) is 0 Å². The summed E-state index contributed by atoms with van der Waals surface area (Å²) >= 11 is 3.61. The van der Waals surface area contributed by atoms with Crippen LogP contribution >= 0.6 is 15.9 Å². The number of nitrogens with two attached hydrogens (primary N) is 1. The molecule has 1 fully saturated rings. The monoisotopic (exact) mass is 505 g/mol. The lowest BCUT2D eigenvalue weighted by Crippen LogP contribution is -2.47. The van der Waals surface area contributed by atoms with Gasteiger partial charge in [-0.25, -0.2) is 4.98 Å². The summed E-state index contributed by atoms with van der Waals surface area (Å²) in [5.41, 5.74) is 11.7. The fourth-order valence-electron chi connectivity index (χ4n) is 4.12. The molecule has 0 atom stereocenters. The molecule has 1 aliphatic rings. The van der Waals surface area contributed by atoms with E-state index in [0.717, 1.165) is 58.7 Å². The first-order chi connectivity index (χ1) is 16.0. The first kappa shape index (κ1) is 21.5. The normalized spacial score (nSPS) is 14.7. The fourth-order valence-corrected chi connectivity index (χ4v) is 4.50. The van der Waals surface area contributed by atoms with Crippen molar-refractivity contribution in [3.63, 3.8) is 0 Å². The number of benzene rings is 1. The van der Waals surface area contributed by atoms with E-state index in [4.69, 9.17) is 10.7 Å². The van der Waals surface area contributed by atoms with Gasteiger partial charge in [0.1, 0.15) is 5.82 Å². The minimum Gasteiger partial charge on any atom is -0.383 e. The molecule has 1 saturated heterocycles. The number of anilines is 1. The summed E-state index contributed by atoms with van der Waals surface area (Å²) in [6, 6.07) is 14.1. The van der Waals surface area contributed by atoms with Gasteiger partial charge in [0, 0.05) is 62.5 Å². The molecule has 0 radical (unpaired) electrons. The molecule has 5 rings (SSSR count). The number of hydrogen-bond donors (Lipinski definition) is 1. The van der Waals surface area contributed by atoms with E-state index in [9.17, 15) is 4.79 Å². The van der Waals surface area contributed by atoms with Crippen molar-refractivity contribution in [3.05, 3.63) is 65.0 Å². The van der Waals surface area contributed by atoms with Gasteiger partial charge in [0.2, 0.25) is 5.91 Å². The zero-order valence-electron chi connectivity index (χ0n) is 18.3. The molecule has 8 nitrogen and oxygen atoms in total. The highest BCUT2D eigenvalue weighted by atomic mass is 79.9. The van der Waals surface area contributed by atoms with Gasteiger partial charge in [-0.15, -0.1) is 0 Å². The summed E-state index contributed by atoms with van der Waals surface area (Å²) in [6.07, 6.45) is 3.62. The molecule has 3 aromatic heterocycles. The number of nitrogen functional groups attached to an aromatic ring is 1. The van der Waals surface area contributed by atoms with Gasteiger partial charge >= 0.3 is 0 Å². The number of piperazine rings is 1. The van der Waals surface area contributed by atoms with E-state index < -0.39 is 0 Å². The SMILES string of the molecule is CC(=O)N1CCN(Cc2nc3c(-c4ccc(-c5ccccc5)nc4)cnn3c(N)c2Br)CC1. The summed E-state index contributed by atoms with van der Waals surface area (Å²) in [5.74, 6) is 0.632. The van der Waals surface area contributed by atoms with E-state index in [1.165, 1.54) is 0 Å². The van der Waals surface area contributed by atoms with Crippen molar-refractivity contribution in [3.8, 4) is 22.4 Å². The Balaban J connectivity index is 1.44. The molecule has 0 spiro atoms. The van der Waals surface area contributed by atoms with Crippen molar-refractivity contribution in [2.45, 2.75) is 13.5 Å². The number of carbonyl (C=O) groups excluding carboxylic acids is 1. The maximum atomic E-state index is 11.6. The third-order valence-corrected chi connectivity index (χ3v) is 6.89. The van der Waals surface area contributed by atoms with Crippen LogP contribution in [0.4, 0.5) is 5.82 Å². The van der Waals surface area contributed by atoms with E-state index in [2.05, 4.69) is 30.9 Å². The van der Waals surface area contributed by atoms with Gasteiger partial charge in [-0.3, -0.25) is 14.7 Å². The Morgan fingerprint density at radius 1 is 1.03 bits per heavy atom. The molecule has 1 aromatic carbocycles. The number of carbonyl (C=O) groups is 1. The maximum absolute atomic E-state index is 11.6. The molecule has 0 saturated carbocycles. The Morgan fingerprint density at radius 3 is 2.45 bits per heavy atom. The lowest BCUT2D eigenvalue weighted by Gasteiger charge is -2.34. The molecule has 1 amide bonds. The number of aromatic nitrogens is 4. The molecular weight excluding hydrogens is 482 g/mol. The number of rotatable bonds is 4. The molecule has 4 heterocycles. The van der Waals surface area contributed by atoms with Crippen LogP contribution in [0, 0.1) is 0 Å². The summed E-state index contributed by atoms with van der Waals surface area (Å²) in [4.78, 5) is 25.3. The van der Waals surface area contributed by atoms with Gasteiger partial charge in [0.25, 0.3) is 0 Å². The smallest absolute Gasteiger partial charge is 0.219 e. The third-order valence-electron chi connectivity index (χ3n) is 6.03. The van der Waals surface area contributed by atoms with Crippen LogP contribution in [-0.4, -0.2) is 61.5 Å². The van der Waals surface area contributed by atoms with Crippen molar-refractivity contribution >= 4 is 33.3 Å². The van der Waals surface area contributed by atoms with E-state index >= 15 is 0 Å². The van der Waals surface area contributed by atoms with Crippen LogP contribution in [0.15, 0.2) is 59.3 Å². The Kier molecular flexibility index (Phi) is 5.82. The van der Waals surface area contributed by atoms with Gasteiger partial charge in [-0.05, 0) is 22.0 Å². The highest BCUT2D eigenvalue weighted by molar-refractivity contribution is 9.10. The van der Waals surface area contributed by atoms with E-state index in [-0.39, 0.29) is 5.91 Å². The molecule has 168 valence electrons. The topological polar surface area (TPSA) is 92.7 Å². The number of pyridine rings is 1. The van der Waals surface area contributed by atoms with E-state index in [1.54, 1.807) is 17.6 Å². The molecule has 33 heavy (non-hydrogen) atoms. The molecule has 0 aliphatic carbocycles. The van der Waals surface area contributed by atoms with Crippen molar-refractivity contribution in [2.24, 2.45) is 0 Å². The number of amides is 1. The number of nitrogens with zero attached hydrogens (tertiary/aromatic N) is 6. The van der Waals surface area contributed by atoms with Crippen LogP contribution in [0.1, 0.15) is 12.6 Å². The van der Waals surface area contributed by atoms with Crippen molar-refractivity contribution < 1.29 is 4.79 Å².